The highest BCUT2D eigenvalue weighted by Crippen LogP contribution is 2.49. The van der Waals surface area contributed by atoms with Crippen LogP contribution in [-0.4, -0.2) is 15.0 Å². The molecule has 0 atom stereocenters. The van der Waals surface area contributed by atoms with Gasteiger partial charge in [-0.1, -0.05) is 129 Å². The molecule has 0 saturated heterocycles. The van der Waals surface area contributed by atoms with Gasteiger partial charge < -0.3 is 0 Å². The molecule has 0 bridgehead atoms. The number of nitrogens with zero attached hydrogens (tertiary/aromatic N) is 3. The van der Waals surface area contributed by atoms with Gasteiger partial charge in [0, 0.05) is 22.1 Å². The van der Waals surface area contributed by atoms with Crippen LogP contribution in [0.5, 0.6) is 0 Å². The minimum absolute atomic E-state index is 0.0399. The average Bonchev–Trinajstić information content (AvgIpc) is 3.24. The second-order valence-electron chi connectivity index (χ2n) is 10.6. The maximum Gasteiger partial charge on any atom is 0.164 e. The summed E-state index contributed by atoms with van der Waals surface area (Å²) in [5.41, 5.74) is 10.4. The van der Waals surface area contributed by atoms with Gasteiger partial charge in [-0.05, 0) is 45.5 Å². The molecule has 0 unspecified atom stereocenters. The molecule has 186 valence electrons. The summed E-state index contributed by atoms with van der Waals surface area (Å²) >= 11 is 0. The zero-order chi connectivity index (χ0) is 26.4. The fourth-order valence-corrected chi connectivity index (χ4v) is 5.68. The Kier molecular flexibility index (Phi) is 5.45. The van der Waals surface area contributed by atoms with Crippen LogP contribution in [-0.2, 0) is 5.41 Å². The van der Waals surface area contributed by atoms with E-state index in [1.165, 1.54) is 22.3 Å². The Hall–Kier alpha value is -4.89. The first-order valence-electron chi connectivity index (χ1n) is 13.3. The zero-order valence-electron chi connectivity index (χ0n) is 22.0. The van der Waals surface area contributed by atoms with Crippen molar-refractivity contribution in [2.24, 2.45) is 0 Å². The van der Waals surface area contributed by atoms with Gasteiger partial charge in [-0.3, -0.25) is 0 Å². The van der Waals surface area contributed by atoms with Crippen LogP contribution < -0.4 is 0 Å². The lowest BCUT2D eigenvalue weighted by Gasteiger charge is -2.21. The van der Waals surface area contributed by atoms with E-state index in [0.717, 1.165) is 27.8 Å². The minimum Gasteiger partial charge on any atom is -0.208 e. The fraction of sp³-hybridized carbons (Fsp3) is 0.0833. The highest BCUT2D eigenvalue weighted by Gasteiger charge is 2.35. The van der Waals surface area contributed by atoms with Crippen molar-refractivity contribution in [1.82, 2.24) is 15.0 Å². The monoisotopic (exact) mass is 501 g/mol. The van der Waals surface area contributed by atoms with E-state index in [2.05, 4.69) is 105 Å². The number of benzene rings is 5. The summed E-state index contributed by atoms with van der Waals surface area (Å²) in [6.45, 7) is 4.59. The SMILES string of the molecule is CC1(C)c2ccccc2-c2cc(-c3nc(-c4ccccc4)nc(-c4cccc(-c5ccccc5)c4)n3)ccc21. The third-order valence-electron chi connectivity index (χ3n) is 7.74. The minimum atomic E-state index is -0.0399. The average molecular weight is 502 g/mol. The molecule has 0 amide bonds. The zero-order valence-corrected chi connectivity index (χ0v) is 22.0. The molecule has 0 saturated carbocycles. The lowest BCUT2D eigenvalue weighted by Crippen LogP contribution is -2.14. The number of hydrogen-bond acceptors (Lipinski definition) is 3. The molecule has 1 aliphatic rings. The van der Waals surface area contributed by atoms with Gasteiger partial charge in [-0.25, -0.2) is 15.0 Å². The van der Waals surface area contributed by atoms with E-state index < -0.39 is 0 Å². The van der Waals surface area contributed by atoms with Gasteiger partial charge in [0.1, 0.15) is 0 Å². The summed E-state index contributed by atoms with van der Waals surface area (Å²) in [5, 5.41) is 0. The first kappa shape index (κ1) is 23.2. The van der Waals surface area contributed by atoms with Gasteiger partial charge in [0.05, 0.1) is 0 Å². The van der Waals surface area contributed by atoms with Crippen molar-refractivity contribution in [2.45, 2.75) is 19.3 Å². The van der Waals surface area contributed by atoms with Crippen molar-refractivity contribution < 1.29 is 0 Å². The Morgan fingerprint density at radius 2 is 0.897 bits per heavy atom. The van der Waals surface area contributed by atoms with Crippen LogP contribution in [0.3, 0.4) is 0 Å². The van der Waals surface area contributed by atoms with Crippen LogP contribution in [0.25, 0.3) is 56.4 Å². The van der Waals surface area contributed by atoms with Crippen LogP contribution in [0.1, 0.15) is 25.0 Å². The van der Waals surface area contributed by atoms with E-state index in [1.54, 1.807) is 0 Å². The lowest BCUT2D eigenvalue weighted by molar-refractivity contribution is 0.660. The molecule has 1 aliphatic carbocycles. The summed E-state index contributed by atoms with van der Waals surface area (Å²) in [6, 6.07) is 44.3. The Labute approximate surface area is 228 Å². The first-order chi connectivity index (χ1) is 19.1. The molecule has 0 aliphatic heterocycles. The molecule has 0 fully saturated rings. The Bertz CT molecular complexity index is 1820. The van der Waals surface area contributed by atoms with Crippen LogP contribution in [0.4, 0.5) is 0 Å². The molecule has 6 aromatic rings. The van der Waals surface area contributed by atoms with Gasteiger partial charge in [0.15, 0.2) is 17.5 Å². The Morgan fingerprint density at radius 1 is 0.385 bits per heavy atom. The smallest absolute Gasteiger partial charge is 0.164 e. The lowest BCUT2D eigenvalue weighted by atomic mass is 9.82. The van der Waals surface area contributed by atoms with Gasteiger partial charge in [-0.2, -0.15) is 0 Å². The first-order valence-corrected chi connectivity index (χ1v) is 13.3. The molecule has 1 aromatic heterocycles. The second-order valence-corrected chi connectivity index (χ2v) is 10.6. The standard InChI is InChI=1S/C36H27N3/c1-36(2)31-19-10-9-18-29(31)30-23-28(20-21-32(30)36)35-38-33(25-14-7-4-8-15-25)37-34(39-35)27-17-11-16-26(22-27)24-12-5-3-6-13-24/h3-23H,1-2H3. The van der Waals surface area contributed by atoms with Crippen molar-refractivity contribution in [3.63, 3.8) is 0 Å². The maximum absolute atomic E-state index is 5.03. The van der Waals surface area contributed by atoms with Gasteiger partial charge in [0.25, 0.3) is 0 Å². The molecular weight excluding hydrogens is 474 g/mol. The topological polar surface area (TPSA) is 38.7 Å². The van der Waals surface area contributed by atoms with E-state index in [-0.39, 0.29) is 5.41 Å². The van der Waals surface area contributed by atoms with Crippen molar-refractivity contribution >= 4 is 0 Å². The summed E-state index contributed by atoms with van der Waals surface area (Å²) in [4.78, 5) is 14.9. The summed E-state index contributed by atoms with van der Waals surface area (Å²) < 4.78 is 0. The largest absolute Gasteiger partial charge is 0.208 e. The Morgan fingerprint density at radius 3 is 1.62 bits per heavy atom. The number of rotatable bonds is 4. The highest BCUT2D eigenvalue weighted by atomic mass is 15.0. The number of fused-ring (bicyclic) bond motifs is 3. The van der Waals surface area contributed by atoms with Crippen LogP contribution >= 0.6 is 0 Å². The van der Waals surface area contributed by atoms with E-state index >= 15 is 0 Å². The molecule has 3 heteroatoms. The normalized spacial score (nSPS) is 13.1. The van der Waals surface area contributed by atoms with E-state index in [4.69, 9.17) is 15.0 Å². The molecule has 7 rings (SSSR count). The van der Waals surface area contributed by atoms with E-state index in [0.29, 0.717) is 17.5 Å². The summed E-state index contributed by atoms with van der Waals surface area (Å²) in [5.74, 6) is 2.01. The van der Waals surface area contributed by atoms with Crippen molar-refractivity contribution in [3.8, 4) is 56.4 Å². The molecule has 39 heavy (non-hydrogen) atoms. The molecule has 0 radical (unpaired) electrons. The predicted octanol–water partition coefficient (Wildman–Crippen LogP) is 8.85. The van der Waals surface area contributed by atoms with Crippen molar-refractivity contribution in [1.29, 1.82) is 0 Å². The Balaban J connectivity index is 1.40. The van der Waals surface area contributed by atoms with Crippen LogP contribution in [0, 0.1) is 0 Å². The fourth-order valence-electron chi connectivity index (χ4n) is 5.68. The quantitative estimate of drug-likeness (QED) is 0.242. The van der Waals surface area contributed by atoms with Gasteiger partial charge >= 0.3 is 0 Å². The maximum atomic E-state index is 5.03. The molecule has 0 N–H and O–H groups in total. The van der Waals surface area contributed by atoms with Crippen LogP contribution in [0.2, 0.25) is 0 Å². The van der Waals surface area contributed by atoms with Crippen molar-refractivity contribution in [2.75, 3.05) is 0 Å². The van der Waals surface area contributed by atoms with Crippen LogP contribution in [0.15, 0.2) is 127 Å². The number of hydrogen-bond donors (Lipinski definition) is 0. The van der Waals surface area contributed by atoms with Gasteiger partial charge in [-0.15, -0.1) is 0 Å². The second kappa shape index (κ2) is 9.14. The third kappa shape index (κ3) is 4.04. The molecule has 3 nitrogen and oxygen atoms in total. The predicted molar refractivity (Wildman–Crippen MR) is 159 cm³/mol. The molecule has 0 spiro atoms. The van der Waals surface area contributed by atoms with E-state index in [9.17, 15) is 0 Å². The highest BCUT2D eigenvalue weighted by molar-refractivity contribution is 5.84. The van der Waals surface area contributed by atoms with Crippen molar-refractivity contribution in [3.05, 3.63) is 139 Å². The molecule has 5 aromatic carbocycles. The summed E-state index contributed by atoms with van der Waals surface area (Å²) in [7, 11) is 0. The van der Waals surface area contributed by atoms with Gasteiger partial charge in [0.2, 0.25) is 0 Å². The number of aromatic nitrogens is 3. The van der Waals surface area contributed by atoms with E-state index in [1.807, 2.05) is 36.4 Å². The third-order valence-corrected chi connectivity index (χ3v) is 7.74. The molecule has 1 heterocycles. The molecular formula is C36H27N3. The summed E-state index contributed by atoms with van der Waals surface area (Å²) in [6.07, 6.45) is 0.